The Balaban J connectivity index is 1.84. The molecule has 0 saturated carbocycles. The van der Waals surface area contributed by atoms with Crippen LogP contribution in [0.5, 0.6) is 17.2 Å². The van der Waals surface area contributed by atoms with Crippen molar-refractivity contribution in [1.29, 1.82) is 5.53 Å². The summed E-state index contributed by atoms with van der Waals surface area (Å²) in [5.41, 5.74) is 2.25. The van der Waals surface area contributed by atoms with E-state index >= 15 is 0 Å². The summed E-state index contributed by atoms with van der Waals surface area (Å²) in [6, 6.07) is 6.96. The normalized spacial score (nSPS) is 16.5. The maximum Gasteiger partial charge on any atom is 0.586 e. The molecule has 1 aliphatic heterocycles. The van der Waals surface area contributed by atoms with Crippen LogP contribution in [-0.2, 0) is 10.1 Å². The van der Waals surface area contributed by atoms with E-state index < -0.39 is 33.7 Å². The van der Waals surface area contributed by atoms with Crippen molar-refractivity contribution < 1.29 is 44.0 Å². The van der Waals surface area contributed by atoms with Crippen LogP contribution in [-0.4, -0.2) is 20.2 Å². The van der Waals surface area contributed by atoms with E-state index in [4.69, 9.17) is 5.53 Å². The van der Waals surface area contributed by atoms with Gasteiger partial charge in [0, 0.05) is 0 Å². The van der Waals surface area contributed by atoms with Gasteiger partial charge < -0.3 is 13.7 Å². The van der Waals surface area contributed by atoms with Crippen LogP contribution in [0.15, 0.2) is 47.6 Å². The van der Waals surface area contributed by atoms with Crippen LogP contribution >= 0.6 is 0 Å². The number of hydrogen-bond acceptors (Lipinski definition) is 7. The first kappa shape index (κ1) is 19.8. The van der Waals surface area contributed by atoms with Gasteiger partial charge in [-0.1, -0.05) is 18.2 Å². The number of alkyl halides is 5. The number of rotatable bonds is 5. The molecule has 2 aromatic carbocycles. The van der Waals surface area contributed by atoms with E-state index in [1.54, 1.807) is 0 Å². The molecule has 150 valence electrons. The van der Waals surface area contributed by atoms with E-state index in [-0.39, 0.29) is 22.6 Å². The first-order valence-electron chi connectivity index (χ1n) is 7.29. The van der Waals surface area contributed by atoms with E-state index in [0.29, 0.717) is 0 Å². The number of benzene rings is 2. The molecule has 1 heterocycles. The van der Waals surface area contributed by atoms with Crippen LogP contribution < -0.4 is 13.7 Å². The second kappa shape index (κ2) is 6.58. The molecule has 3 rings (SSSR count). The van der Waals surface area contributed by atoms with Gasteiger partial charge in [0.2, 0.25) is 0 Å². The fourth-order valence-corrected chi connectivity index (χ4v) is 2.82. The summed E-state index contributed by atoms with van der Waals surface area (Å²) in [5, 5.41) is 3.36. The summed E-state index contributed by atoms with van der Waals surface area (Å²) >= 11 is 0. The molecule has 1 N–H and O–H groups in total. The summed E-state index contributed by atoms with van der Waals surface area (Å²) in [6.07, 6.45) is -3.82. The molecule has 1 unspecified atom stereocenters. The summed E-state index contributed by atoms with van der Waals surface area (Å²) in [5.74, 6) is -1.08. The number of nitrogens with zero attached hydrogens (tertiary/aromatic N) is 1. The van der Waals surface area contributed by atoms with E-state index in [1.165, 1.54) is 30.3 Å². The second-order valence-corrected chi connectivity index (χ2v) is 7.00. The van der Waals surface area contributed by atoms with Gasteiger partial charge >= 0.3 is 21.9 Å². The molecule has 0 aromatic heterocycles. The first-order chi connectivity index (χ1) is 12.9. The van der Waals surface area contributed by atoms with Crippen LogP contribution in [0.1, 0.15) is 17.2 Å². The van der Waals surface area contributed by atoms with Crippen molar-refractivity contribution in [3.05, 3.63) is 53.6 Å². The zero-order valence-electron chi connectivity index (χ0n) is 13.4. The smallest absolute Gasteiger partial charge is 0.395 e. The van der Waals surface area contributed by atoms with Crippen molar-refractivity contribution in [3.8, 4) is 17.2 Å². The number of fused-ring (bicyclic) bond motifs is 1. The molecule has 7 nitrogen and oxygen atoms in total. The van der Waals surface area contributed by atoms with Crippen molar-refractivity contribution in [2.75, 3.05) is 0 Å². The van der Waals surface area contributed by atoms with Crippen molar-refractivity contribution in [2.24, 2.45) is 5.11 Å². The molecule has 0 saturated heterocycles. The fourth-order valence-electron chi connectivity index (χ4n) is 2.36. The molecular formula is C15H9F5N2O5S. The third-order valence-electron chi connectivity index (χ3n) is 3.56. The van der Waals surface area contributed by atoms with Crippen molar-refractivity contribution in [1.82, 2.24) is 0 Å². The van der Waals surface area contributed by atoms with Crippen molar-refractivity contribution in [2.45, 2.75) is 17.8 Å². The van der Waals surface area contributed by atoms with E-state index in [1.807, 2.05) is 0 Å². The fraction of sp³-hybridized carbons (Fsp3) is 0.200. The molecule has 1 atom stereocenters. The lowest BCUT2D eigenvalue weighted by atomic mass is 9.99. The Morgan fingerprint density at radius 2 is 1.57 bits per heavy atom. The maximum absolute atomic E-state index is 13.1. The Kier molecular flexibility index (Phi) is 4.65. The zero-order chi connectivity index (χ0) is 20.7. The topological polar surface area (TPSA) is 98.0 Å². The molecule has 2 aromatic rings. The molecule has 0 amide bonds. The lowest BCUT2D eigenvalue weighted by molar-refractivity contribution is -0.286. The monoisotopic (exact) mass is 424 g/mol. The maximum atomic E-state index is 13.1. The predicted molar refractivity (Wildman–Crippen MR) is 81.7 cm³/mol. The molecule has 0 bridgehead atoms. The minimum Gasteiger partial charge on any atom is -0.395 e. The largest absolute Gasteiger partial charge is 0.586 e. The number of ether oxygens (including phenoxy) is 2. The number of halogens is 5. The molecule has 0 fully saturated rings. The average molecular weight is 424 g/mol. The molecule has 0 spiro atoms. The summed E-state index contributed by atoms with van der Waals surface area (Å²) < 4.78 is 97.7. The minimum atomic E-state index is -5.82. The van der Waals surface area contributed by atoms with Crippen LogP contribution in [0, 0.1) is 5.53 Å². The summed E-state index contributed by atoms with van der Waals surface area (Å²) in [6.45, 7) is 0. The van der Waals surface area contributed by atoms with Gasteiger partial charge in [-0.2, -0.15) is 26.7 Å². The molecule has 13 heteroatoms. The predicted octanol–water partition coefficient (Wildman–Crippen LogP) is 4.36. The van der Waals surface area contributed by atoms with Gasteiger partial charge in [0.05, 0.1) is 0 Å². The van der Waals surface area contributed by atoms with Gasteiger partial charge in [-0.3, -0.25) is 0 Å². The molecule has 1 aliphatic rings. The van der Waals surface area contributed by atoms with Crippen molar-refractivity contribution in [3.63, 3.8) is 0 Å². The molecule has 28 heavy (non-hydrogen) atoms. The average Bonchev–Trinajstić information content (AvgIpc) is 2.89. The number of hydrogen-bond donors (Lipinski definition) is 1. The van der Waals surface area contributed by atoms with Gasteiger partial charge in [-0.25, -0.2) is 5.53 Å². The van der Waals surface area contributed by atoms with Crippen LogP contribution in [0.3, 0.4) is 0 Å². The molecule has 0 radical (unpaired) electrons. The Labute approximate surface area is 154 Å². The Hall–Kier alpha value is -2.96. The quantitative estimate of drug-likeness (QED) is 0.333. The highest BCUT2D eigenvalue weighted by atomic mass is 32.2. The standard InChI is InChI=1S/C15H9F5N2O5S/c16-14(17,18)28(23,24)27-10-4-1-8(2-5-10)13(22-21)9-3-6-11-12(7-9)26-15(19,20)25-11/h1-7,13,21H. The van der Waals surface area contributed by atoms with Crippen LogP contribution in [0.2, 0.25) is 0 Å². The van der Waals surface area contributed by atoms with Gasteiger partial charge in [0.1, 0.15) is 11.8 Å². The van der Waals surface area contributed by atoms with E-state index in [0.717, 1.165) is 12.1 Å². The Morgan fingerprint density at radius 3 is 2.14 bits per heavy atom. The first-order valence-corrected chi connectivity index (χ1v) is 8.70. The third-order valence-corrected chi connectivity index (χ3v) is 4.53. The highest BCUT2D eigenvalue weighted by Gasteiger charge is 2.48. The van der Waals surface area contributed by atoms with Gasteiger partial charge in [-0.15, -0.1) is 8.78 Å². The van der Waals surface area contributed by atoms with E-state index in [9.17, 15) is 30.4 Å². The SMILES string of the molecule is N=NC(c1ccc(OS(=O)(=O)C(F)(F)F)cc1)c1ccc2c(c1)OC(F)(F)O2. The van der Waals surface area contributed by atoms with E-state index in [2.05, 4.69) is 18.8 Å². The summed E-state index contributed by atoms with van der Waals surface area (Å²) in [7, 11) is -5.82. The minimum absolute atomic E-state index is 0.210. The Bertz CT molecular complexity index is 1010. The zero-order valence-corrected chi connectivity index (χ0v) is 14.2. The number of nitrogens with one attached hydrogen (secondary N) is 1. The highest BCUT2D eigenvalue weighted by molar-refractivity contribution is 7.88. The second-order valence-electron chi connectivity index (χ2n) is 5.46. The summed E-state index contributed by atoms with van der Waals surface area (Å²) in [4.78, 5) is 0. The highest BCUT2D eigenvalue weighted by Crippen LogP contribution is 2.43. The Morgan fingerprint density at radius 1 is 1.00 bits per heavy atom. The van der Waals surface area contributed by atoms with Crippen LogP contribution in [0.25, 0.3) is 0 Å². The molecular weight excluding hydrogens is 415 g/mol. The van der Waals surface area contributed by atoms with Gasteiger partial charge in [0.15, 0.2) is 11.5 Å². The molecule has 0 aliphatic carbocycles. The lowest BCUT2D eigenvalue weighted by Crippen LogP contribution is -2.28. The lowest BCUT2D eigenvalue weighted by Gasteiger charge is -2.13. The van der Waals surface area contributed by atoms with Gasteiger partial charge in [-0.05, 0) is 35.4 Å². The van der Waals surface area contributed by atoms with Crippen molar-refractivity contribution >= 4 is 10.1 Å². The van der Waals surface area contributed by atoms with Gasteiger partial charge in [0.25, 0.3) is 0 Å². The van der Waals surface area contributed by atoms with Crippen LogP contribution in [0.4, 0.5) is 22.0 Å². The third kappa shape index (κ3) is 3.83.